The first-order chi connectivity index (χ1) is 44.5. The molecule has 546 valence electrons. The fourth-order valence-electron chi connectivity index (χ4n) is 11.2. The van der Waals surface area contributed by atoms with E-state index in [1.54, 1.807) is 0 Å². The maximum Gasteiger partial charge on any atom is 0.472 e. The largest absolute Gasteiger partial charge is 0.472 e. The number of rotatable bonds is 73. The Labute approximate surface area is 562 Å². The van der Waals surface area contributed by atoms with Crippen molar-refractivity contribution in [2.45, 2.75) is 400 Å². The summed E-state index contributed by atoms with van der Waals surface area (Å²) in [6.07, 6.45) is 54.1. The second-order valence-corrected chi connectivity index (χ2v) is 29.7. The second-order valence-electron chi connectivity index (χ2n) is 26.8. The van der Waals surface area contributed by atoms with Gasteiger partial charge in [-0.05, 0) is 31.6 Å². The molecule has 2 unspecified atom stereocenters. The summed E-state index contributed by atoms with van der Waals surface area (Å²) in [7, 11) is -9.90. The minimum atomic E-state index is -4.95. The van der Waals surface area contributed by atoms with Gasteiger partial charge in [0.2, 0.25) is 0 Å². The van der Waals surface area contributed by atoms with Crippen molar-refractivity contribution in [1.82, 2.24) is 0 Å². The molecule has 0 amide bonds. The lowest BCUT2D eigenvalue weighted by molar-refractivity contribution is -0.161. The molecule has 0 saturated heterocycles. The lowest BCUT2D eigenvalue weighted by Crippen LogP contribution is -2.30. The van der Waals surface area contributed by atoms with E-state index in [9.17, 15) is 43.2 Å². The predicted molar refractivity (Wildman–Crippen MR) is 372 cm³/mol. The summed E-state index contributed by atoms with van der Waals surface area (Å²) in [5, 5.41) is 10.6. The van der Waals surface area contributed by atoms with Gasteiger partial charge in [-0.1, -0.05) is 330 Å². The summed E-state index contributed by atoms with van der Waals surface area (Å²) in [5.41, 5.74) is 0. The first kappa shape index (κ1) is 90.1. The number of phosphoric acid groups is 2. The van der Waals surface area contributed by atoms with Gasteiger partial charge in [0, 0.05) is 25.7 Å². The molecule has 0 fully saturated rings. The molecular formula is C73H142O17P2. The predicted octanol–water partition coefficient (Wildman–Crippen LogP) is 21.3. The van der Waals surface area contributed by atoms with Gasteiger partial charge in [-0.15, -0.1) is 0 Å². The molecule has 0 aliphatic rings. The van der Waals surface area contributed by atoms with Crippen molar-refractivity contribution in [2.24, 2.45) is 5.92 Å². The van der Waals surface area contributed by atoms with E-state index in [4.69, 9.17) is 37.0 Å². The van der Waals surface area contributed by atoms with Crippen molar-refractivity contribution in [1.29, 1.82) is 0 Å². The quantitative estimate of drug-likeness (QED) is 0.0222. The molecule has 0 aromatic rings. The van der Waals surface area contributed by atoms with Crippen LogP contribution in [0.2, 0.25) is 0 Å². The maximum absolute atomic E-state index is 13.1. The zero-order valence-corrected chi connectivity index (χ0v) is 61.5. The summed E-state index contributed by atoms with van der Waals surface area (Å²) in [6, 6.07) is 0. The van der Waals surface area contributed by atoms with Crippen molar-refractivity contribution >= 4 is 39.5 Å². The Morgan fingerprint density at radius 2 is 0.500 bits per heavy atom. The third-order valence-corrected chi connectivity index (χ3v) is 18.9. The zero-order valence-electron chi connectivity index (χ0n) is 59.7. The van der Waals surface area contributed by atoms with Gasteiger partial charge >= 0.3 is 39.5 Å². The molecule has 0 aliphatic heterocycles. The fraction of sp³-hybridized carbons (Fsp3) is 0.945. The van der Waals surface area contributed by atoms with E-state index < -0.39 is 97.5 Å². The van der Waals surface area contributed by atoms with Gasteiger partial charge < -0.3 is 33.8 Å². The van der Waals surface area contributed by atoms with Gasteiger partial charge in [0.05, 0.1) is 26.4 Å². The Morgan fingerprint density at radius 3 is 0.739 bits per heavy atom. The molecular weight excluding hydrogens is 1210 g/mol. The van der Waals surface area contributed by atoms with Crippen LogP contribution < -0.4 is 0 Å². The molecule has 0 spiro atoms. The van der Waals surface area contributed by atoms with Crippen molar-refractivity contribution in [2.75, 3.05) is 39.6 Å². The van der Waals surface area contributed by atoms with Crippen molar-refractivity contribution in [3.05, 3.63) is 0 Å². The van der Waals surface area contributed by atoms with E-state index in [1.165, 1.54) is 193 Å². The average molecular weight is 1350 g/mol. The molecule has 0 heterocycles. The Bertz CT molecular complexity index is 1770. The highest BCUT2D eigenvalue weighted by atomic mass is 31.2. The number of aliphatic hydroxyl groups is 1. The summed E-state index contributed by atoms with van der Waals surface area (Å²) in [5.74, 6) is -1.33. The molecule has 17 nitrogen and oxygen atoms in total. The Morgan fingerprint density at radius 1 is 0.293 bits per heavy atom. The van der Waals surface area contributed by atoms with Gasteiger partial charge in [-0.2, -0.15) is 0 Å². The zero-order chi connectivity index (χ0) is 67.7. The number of phosphoric ester groups is 2. The first-order valence-electron chi connectivity index (χ1n) is 38.1. The van der Waals surface area contributed by atoms with Gasteiger partial charge in [-0.25, -0.2) is 9.13 Å². The molecule has 5 atom stereocenters. The standard InChI is InChI=1S/C73H142O17P2/c1-6-9-12-15-18-20-22-24-25-26-27-30-35-39-44-49-54-59-73(78)90-69(63-84-71(76)57-52-47-42-37-34-31-28-29-32-36-41-45-50-55-66(4)5)65-88-92(81,82)86-61-67(74)60-85-91(79,80)87-64-68(62-83-70(75)56-51-46-40-17-14-11-8-3)89-72(77)58-53-48-43-38-33-23-21-19-16-13-10-7-2/h66-69,74H,6-65H2,1-5H3,(H,79,80)(H,81,82)/t67-,68+,69+/m0/s1. The molecule has 0 rings (SSSR count). The number of unbranched alkanes of at least 4 members (excludes halogenated alkanes) is 45. The number of carbonyl (C=O) groups excluding carboxylic acids is 4. The molecule has 3 N–H and O–H groups in total. The number of ether oxygens (including phenoxy) is 4. The van der Waals surface area contributed by atoms with Crippen molar-refractivity contribution in [3.63, 3.8) is 0 Å². The van der Waals surface area contributed by atoms with Crippen LogP contribution in [0.4, 0.5) is 0 Å². The van der Waals surface area contributed by atoms with Crippen LogP contribution in [0, 0.1) is 5.92 Å². The first-order valence-corrected chi connectivity index (χ1v) is 41.1. The highest BCUT2D eigenvalue weighted by molar-refractivity contribution is 7.47. The molecule has 0 aliphatic carbocycles. The Hall–Kier alpha value is -1.94. The molecule has 19 heteroatoms. The number of carbonyl (C=O) groups is 4. The van der Waals surface area contributed by atoms with Crippen LogP contribution >= 0.6 is 15.6 Å². The minimum absolute atomic E-state index is 0.107. The number of hydrogen-bond acceptors (Lipinski definition) is 15. The van der Waals surface area contributed by atoms with E-state index in [0.29, 0.717) is 25.7 Å². The third-order valence-electron chi connectivity index (χ3n) is 17.0. The van der Waals surface area contributed by atoms with E-state index in [0.717, 1.165) is 109 Å². The van der Waals surface area contributed by atoms with Crippen LogP contribution in [0.5, 0.6) is 0 Å². The number of aliphatic hydroxyl groups excluding tert-OH is 1. The summed E-state index contributed by atoms with van der Waals surface area (Å²) < 4.78 is 68.3. The maximum atomic E-state index is 13.1. The monoisotopic (exact) mass is 1350 g/mol. The normalized spacial score (nSPS) is 14.0. The molecule has 0 aromatic carbocycles. The van der Waals surface area contributed by atoms with Crippen LogP contribution in [0.25, 0.3) is 0 Å². The van der Waals surface area contributed by atoms with E-state index in [1.807, 2.05) is 0 Å². The van der Waals surface area contributed by atoms with Crippen LogP contribution in [0.3, 0.4) is 0 Å². The summed E-state index contributed by atoms with van der Waals surface area (Å²) in [4.78, 5) is 72.5. The lowest BCUT2D eigenvalue weighted by atomic mass is 10.0. The SMILES string of the molecule is CCCCCCCCCCCCCCCCCCCC(=O)O[C@H](COC(=O)CCCCCCCCCCCCCCCC(C)C)COP(=O)(O)OC[C@@H](O)COP(=O)(O)OC[C@@H](COC(=O)CCCCCCCCC)OC(=O)CCCCCCCCCCCCCC. The third kappa shape index (κ3) is 66.7. The van der Waals surface area contributed by atoms with Crippen LogP contribution in [0.15, 0.2) is 0 Å². The number of esters is 4. The molecule has 0 aromatic heterocycles. The molecule has 0 radical (unpaired) electrons. The van der Waals surface area contributed by atoms with E-state index >= 15 is 0 Å². The van der Waals surface area contributed by atoms with Gasteiger partial charge in [0.15, 0.2) is 12.2 Å². The summed E-state index contributed by atoms with van der Waals surface area (Å²) >= 11 is 0. The van der Waals surface area contributed by atoms with Crippen LogP contribution in [-0.4, -0.2) is 96.7 Å². The highest BCUT2D eigenvalue weighted by Gasteiger charge is 2.30. The Kier molecular flexibility index (Phi) is 64.9. The van der Waals surface area contributed by atoms with E-state index in [-0.39, 0.29) is 25.7 Å². The minimum Gasteiger partial charge on any atom is -0.462 e. The van der Waals surface area contributed by atoms with Crippen LogP contribution in [-0.2, 0) is 65.4 Å². The van der Waals surface area contributed by atoms with Crippen LogP contribution in [0.1, 0.15) is 381 Å². The van der Waals surface area contributed by atoms with Crippen molar-refractivity contribution in [3.8, 4) is 0 Å². The molecule has 0 bridgehead atoms. The van der Waals surface area contributed by atoms with Gasteiger partial charge in [0.1, 0.15) is 19.3 Å². The topological polar surface area (TPSA) is 237 Å². The average Bonchev–Trinajstić information content (AvgIpc) is 2.61. The number of hydrogen-bond donors (Lipinski definition) is 3. The Balaban J connectivity index is 5.20. The lowest BCUT2D eigenvalue weighted by Gasteiger charge is -2.21. The molecule has 0 saturated carbocycles. The summed E-state index contributed by atoms with van der Waals surface area (Å²) in [6.45, 7) is 7.25. The smallest absolute Gasteiger partial charge is 0.462 e. The van der Waals surface area contributed by atoms with Gasteiger partial charge in [-0.3, -0.25) is 37.3 Å². The second kappa shape index (κ2) is 66.3. The van der Waals surface area contributed by atoms with E-state index in [2.05, 4.69) is 34.6 Å². The van der Waals surface area contributed by atoms with Crippen molar-refractivity contribution < 1.29 is 80.2 Å². The fourth-order valence-corrected chi connectivity index (χ4v) is 12.8. The van der Waals surface area contributed by atoms with Gasteiger partial charge in [0.25, 0.3) is 0 Å². The molecule has 92 heavy (non-hydrogen) atoms. The highest BCUT2D eigenvalue weighted by Crippen LogP contribution is 2.45.